The summed E-state index contributed by atoms with van der Waals surface area (Å²) in [4.78, 5) is 16.4. The van der Waals surface area contributed by atoms with Gasteiger partial charge >= 0.3 is 5.63 Å². The van der Waals surface area contributed by atoms with E-state index in [1.54, 1.807) is 18.2 Å². The molecule has 0 aliphatic carbocycles. The van der Waals surface area contributed by atoms with Crippen LogP contribution in [0.2, 0.25) is 0 Å². The molecule has 0 unspecified atom stereocenters. The van der Waals surface area contributed by atoms with E-state index in [4.69, 9.17) is 4.42 Å². The average Bonchev–Trinajstić information content (AvgIpc) is 2.46. The maximum Gasteiger partial charge on any atom is 0.345 e. The number of aromatic nitrogens is 1. The van der Waals surface area contributed by atoms with Crippen LogP contribution in [0.15, 0.2) is 56.7 Å². The molecule has 3 rings (SSSR count). The Hall–Kier alpha value is -2.14. The van der Waals surface area contributed by atoms with Gasteiger partial charge in [0.15, 0.2) is 0 Å². The number of nitrogens with zero attached hydrogens (tertiary/aromatic N) is 1. The summed E-state index contributed by atoms with van der Waals surface area (Å²) in [6.45, 7) is 0. The fourth-order valence-corrected chi connectivity index (χ4v) is 2.35. The fraction of sp³-hybridized carbons (Fsp3) is 0.0667. The first kappa shape index (κ1) is 12.9. The molecule has 2 aromatic heterocycles. The van der Waals surface area contributed by atoms with Crippen molar-refractivity contribution in [1.82, 2.24) is 4.98 Å². The zero-order valence-corrected chi connectivity index (χ0v) is 11.4. The summed E-state index contributed by atoms with van der Waals surface area (Å²) in [5.41, 5.74) is 0.644. The highest BCUT2D eigenvalue weighted by Gasteiger charge is 2.10. The summed E-state index contributed by atoms with van der Waals surface area (Å²) in [7, 11) is 0. The lowest BCUT2D eigenvalue weighted by molar-refractivity contribution is 0.556. The van der Waals surface area contributed by atoms with Crippen molar-refractivity contribution in [3.05, 3.63) is 58.7 Å². The summed E-state index contributed by atoms with van der Waals surface area (Å²) >= 11 is 1.50. The zero-order chi connectivity index (χ0) is 14.1. The third-order valence-electron chi connectivity index (χ3n) is 2.91. The minimum atomic E-state index is -0.520. The van der Waals surface area contributed by atoms with E-state index >= 15 is 0 Å². The number of thioether (sulfide) groups is 1. The number of benzene rings is 1. The summed E-state index contributed by atoms with van der Waals surface area (Å²) in [5.74, 6) is -0.434. The van der Waals surface area contributed by atoms with Gasteiger partial charge in [0.1, 0.15) is 11.4 Å². The largest absolute Gasteiger partial charge is 0.422 e. The van der Waals surface area contributed by atoms with Gasteiger partial charge in [-0.3, -0.25) is 0 Å². The van der Waals surface area contributed by atoms with Gasteiger partial charge in [-0.15, -0.1) is 11.8 Å². The highest BCUT2D eigenvalue weighted by Crippen LogP contribution is 2.22. The van der Waals surface area contributed by atoms with Gasteiger partial charge in [-0.2, -0.15) is 0 Å². The van der Waals surface area contributed by atoms with Crippen LogP contribution in [0.3, 0.4) is 0 Å². The van der Waals surface area contributed by atoms with E-state index in [1.165, 1.54) is 23.9 Å². The highest BCUT2D eigenvalue weighted by molar-refractivity contribution is 7.98. The van der Waals surface area contributed by atoms with E-state index in [2.05, 4.69) is 4.98 Å². The van der Waals surface area contributed by atoms with Crippen LogP contribution < -0.4 is 5.63 Å². The van der Waals surface area contributed by atoms with Crippen LogP contribution in [0, 0.1) is 5.82 Å². The summed E-state index contributed by atoms with van der Waals surface area (Å²) in [6.07, 6.45) is 1.91. The molecule has 20 heavy (non-hydrogen) atoms. The molecule has 0 amide bonds. The van der Waals surface area contributed by atoms with Gasteiger partial charge < -0.3 is 4.42 Å². The van der Waals surface area contributed by atoms with Crippen LogP contribution in [0.4, 0.5) is 4.39 Å². The Kier molecular flexibility index (Phi) is 3.28. The Morgan fingerprint density at radius 1 is 1.20 bits per heavy atom. The van der Waals surface area contributed by atoms with E-state index in [0.717, 1.165) is 5.03 Å². The first-order valence-corrected chi connectivity index (χ1v) is 7.15. The van der Waals surface area contributed by atoms with Crippen molar-refractivity contribution in [2.75, 3.05) is 6.26 Å². The highest BCUT2D eigenvalue weighted by atomic mass is 32.2. The fourth-order valence-electron chi connectivity index (χ4n) is 1.94. The second-order valence-corrected chi connectivity index (χ2v) is 5.02. The molecule has 100 valence electrons. The van der Waals surface area contributed by atoms with Crippen molar-refractivity contribution in [3.8, 4) is 11.3 Å². The minimum Gasteiger partial charge on any atom is -0.422 e. The average molecular weight is 287 g/mol. The third kappa shape index (κ3) is 2.32. The van der Waals surface area contributed by atoms with Gasteiger partial charge in [0.2, 0.25) is 0 Å². The lowest BCUT2D eigenvalue weighted by Gasteiger charge is -2.03. The molecule has 0 atom stereocenters. The molecule has 0 bridgehead atoms. The number of fused-ring (bicyclic) bond motifs is 1. The van der Waals surface area contributed by atoms with Gasteiger partial charge in [0, 0.05) is 11.5 Å². The predicted molar refractivity (Wildman–Crippen MR) is 77.5 cm³/mol. The quantitative estimate of drug-likeness (QED) is 0.532. The summed E-state index contributed by atoms with van der Waals surface area (Å²) in [6, 6.07) is 11.2. The molecule has 0 radical (unpaired) electrons. The van der Waals surface area contributed by atoms with Crippen molar-refractivity contribution in [1.29, 1.82) is 0 Å². The van der Waals surface area contributed by atoms with E-state index in [1.807, 2.05) is 18.4 Å². The lowest BCUT2D eigenvalue weighted by atomic mass is 10.1. The molecule has 0 aliphatic rings. The minimum absolute atomic E-state index is 0.236. The Morgan fingerprint density at radius 3 is 2.85 bits per heavy atom. The Bertz CT molecular complexity index is 845. The molecule has 0 saturated carbocycles. The van der Waals surface area contributed by atoms with Gasteiger partial charge in [-0.05, 0) is 36.6 Å². The smallest absolute Gasteiger partial charge is 0.345 e. The van der Waals surface area contributed by atoms with Gasteiger partial charge in [-0.25, -0.2) is 14.2 Å². The molecular weight excluding hydrogens is 277 g/mol. The summed E-state index contributed by atoms with van der Waals surface area (Å²) < 4.78 is 18.3. The molecule has 0 N–H and O–H groups in total. The maximum absolute atomic E-state index is 13.1. The van der Waals surface area contributed by atoms with Crippen LogP contribution in [-0.2, 0) is 0 Å². The van der Waals surface area contributed by atoms with Crippen molar-refractivity contribution in [3.63, 3.8) is 0 Å². The molecule has 3 aromatic rings. The van der Waals surface area contributed by atoms with Gasteiger partial charge in [0.05, 0.1) is 16.3 Å². The molecule has 0 aliphatic heterocycles. The van der Waals surface area contributed by atoms with Gasteiger partial charge in [0.25, 0.3) is 0 Å². The first-order valence-electron chi connectivity index (χ1n) is 5.92. The Morgan fingerprint density at radius 2 is 2.05 bits per heavy atom. The van der Waals surface area contributed by atoms with Crippen molar-refractivity contribution in [2.24, 2.45) is 0 Å². The lowest BCUT2D eigenvalue weighted by Crippen LogP contribution is -2.04. The topological polar surface area (TPSA) is 43.1 Å². The number of pyridine rings is 1. The second-order valence-electron chi connectivity index (χ2n) is 4.19. The molecule has 0 spiro atoms. The second kappa shape index (κ2) is 5.09. The SMILES string of the molecule is CSc1cccc(-c2cc3ccc(F)cc3oc2=O)n1. The van der Waals surface area contributed by atoms with Crippen LogP contribution in [0.5, 0.6) is 0 Å². The van der Waals surface area contributed by atoms with Crippen molar-refractivity contribution >= 4 is 22.7 Å². The van der Waals surface area contributed by atoms with Crippen molar-refractivity contribution < 1.29 is 8.81 Å². The molecule has 0 fully saturated rings. The van der Waals surface area contributed by atoms with E-state index in [0.29, 0.717) is 16.6 Å². The molecule has 3 nitrogen and oxygen atoms in total. The number of hydrogen-bond donors (Lipinski definition) is 0. The number of hydrogen-bond acceptors (Lipinski definition) is 4. The number of rotatable bonds is 2. The van der Waals surface area contributed by atoms with Crippen LogP contribution in [0.25, 0.3) is 22.2 Å². The van der Waals surface area contributed by atoms with Gasteiger partial charge in [-0.1, -0.05) is 6.07 Å². The molecule has 1 aromatic carbocycles. The van der Waals surface area contributed by atoms with Crippen molar-refractivity contribution in [2.45, 2.75) is 5.03 Å². The van der Waals surface area contributed by atoms with Crippen LogP contribution in [-0.4, -0.2) is 11.2 Å². The number of halogens is 1. The molecule has 0 saturated heterocycles. The summed E-state index contributed by atoms with van der Waals surface area (Å²) in [5, 5.41) is 1.48. The van der Waals surface area contributed by atoms with Crippen LogP contribution in [0.1, 0.15) is 0 Å². The molecular formula is C15H10FNO2S. The monoisotopic (exact) mass is 287 g/mol. The van der Waals surface area contributed by atoms with Crippen LogP contribution >= 0.6 is 11.8 Å². The maximum atomic E-state index is 13.1. The van der Waals surface area contributed by atoms with E-state index < -0.39 is 11.4 Å². The normalized spacial score (nSPS) is 10.9. The predicted octanol–water partition coefficient (Wildman–Crippen LogP) is 3.72. The molecule has 5 heteroatoms. The third-order valence-corrected chi connectivity index (χ3v) is 3.55. The van der Waals surface area contributed by atoms with E-state index in [9.17, 15) is 9.18 Å². The first-order chi connectivity index (χ1) is 9.67. The Labute approximate surface area is 118 Å². The zero-order valence-electron chi connectivity index (χ0n) is 10.6. The van der Waals surface area contributed by atoms with E-state index in [-0.39, 0.29) is 5.58 Å². The molecule has 2 heterocycles. The standard InChI is InChI=1S/C15H10FNO2S/c1-20-14-4-2-3-12(17-14)11-7-9-5-6-10(16)8-13(9)19-15(11)18/h2-8H,1H3. The Balaban J connectivity index is 2.23.